The van der Waals surface area contributed by atoms with E-state index in [2.05, 4.69) is 10.4 Å². The number of aromatic nitrogens is 2. The molecular weight excluding hydrogens is 349 g/mol. The van der Waals surface area contributed by atoms with Gasteiger partial charge in [0.15, 0.2) is 12.4 Å². The number of ether oxygens (including phenoxy) is 1. The Bertz CT molecular complexity index is 896. The molecule has 6 nitrogen and oxygen atoms in total. The monoisotopic (exact) mass is 361 g/mol. The molecule has 8 heteroatoms. The molecule has 2 aromatic carbocycles. The zero-order chi connectivity index (χ0) is 17.8. The van der Waals surface area contributed by atoms with Crippen molar-refractivity contribution >= 4 is 23.2 Å². The van der Waals surface area contributed by atoms with Gasteiger partial charge in [0.2, 0.25) is 0 Å². The minimum Gasteiger partial charge on any atom is -0.506 e. The highest BCUT2D eigenvalue weighted by atomic mass is 35.5. The van der Waals surface area contributed by atoms with Crippen molar-refractivity contribution in [2.24, 2.45) is 0 Å². The summed E-state index contributed by atoms with van der Waals surface area (Å²) in [4.78, 5) is 12.2. The number of amides is 1. The second kappa shape index (κ2) is 7.23. The highest BCUT2D eigenvalue weighted by Crippen LogP contribution is 2.26. The number of rotatable bonds is 5. The molecule has 0 atom stereocenters. The maximum Gasteiger partial charge on any atom is 0.276 e. The van der Waals surface area contributed by atoms with Gasteiger partial charge in [0.05, 0.1) is 5.69 Å². The Morgan fingerprint density at radius 2 is 2.00 bits per heavy atom. The van der Waals surface area contributed by atoms with Gasteiger partial charge in [-0.25, -0.2) is 9.07 Å². The van der Waals surface area contributed by atoms with Gasteiger partial charge < -0.3 is 15.2 Å². The van der Waals surface area contributed by atoms with Crippen molar-refractivity contribution in [3.8, 4) is 11.5 Å². The molecule has 1 heterocycles. The van der Waals surface area contributed by atoms with Gasteiger partial charge in [-0.05, 0) is 48.5 Å². The Hall–Kier alpha value is -3.06. The average Bonchev–Trinajstić information content (AvgIpc) is 3.07. The normalized spacial score (nSPS) is 10.5. The van der Waals surface area contributed by atoms with E-state index < -0.39 is 5.91 Å². The summed E-state index contributed by atoms with van der Waals surface area (Å²) < 4.78 is 19.7. The van der Waals surface area contributed by atoms with Crippen molar-refractivity contribution in [3.05, 3.63) is 71.3 Å². The number of halogens is 2. The van der Waals surface area contributed by atoms with Crippen molar-refractivity contribution in [2.75, 3.05) is 5.32 Å². The van der Waals surface area contributed by atoms with Gasteiger partial charge in [0.1, 0.15) is 17.3 Å². The molecule has 1 aromatic heterocycles. The van der Waals surface area contributed by atoms with Crippen LogP contribution in [0.25, 0.3) is 0 Å². The van der Waals surface area contributed by atoms with Gasteiger partial charge in [0, 0.05) is 11.2 Å². The Labute approximate surface area is 147 Å². The van der Waals surface area contributed by atoms with E-state index >= 15 is 0 Å². The number of anilines is 1. The van der Waals surface area contributed by atoms with E-state index in [4.69, 9.17) is 16.3 Å². The fourth-order valence-corrected chi connectivity index (χ4v) is 2.19. The molecule has 2 N–H and O–H groups in total. The number of phenols is 1. The van der Waals surface area contributed by atoms with Crippen molar-refractivity contribution in [1.29, 1.82) is 0 Å². The molecular formula is C17H13ClFN3O3. The lowest BCUT2D eigenvalue weighted by Gasteiger charge is -2.07. The van der Waals surface area contributed by atoms with Crippen LogP contribution < -0.4 is 10.1 Å². The quantitative estimate of drug-likeness (QED) is 0.680. The number of nitrogens with zero attached hydrogens (tertiary/aromatic N) is 2. The largest absolute Gasteiger partial charge is 0.506 e. The number of hydrogen-bond acceptors (Lipinski definition) is 4. The third-order valence-electron chi connectivity index (χ3n) is 3.26. The standard InChI is InChI=1S/C17H13ClFN3O3/c18-11-1-6-16(23)15(9-11)20-17(24)14-7-8-22(21-14)10-25-13-4-2-12(19)3-5-13/h1-9,23H,10H2,(H,20,24). The first-order valence-corrected chi connectivity index (χ1v) is 7.61. The zero-order valence-electron chi connectivity index (χ0n) is 12.8. The topological polar surface area (TPSA) is 76.4 Å². The van der Waals surface area contributed by atoms with Crippen LogP contribution in [0.4, 0.5) is 10.1 Å². The predicted octanol–water partition coefficient (Wildman–Crippen LogP) is 3.67. The third-order valence-corrected chi connectivity index (χ3v) is 3.49. The first-order chi connectivity index (χ1) is 12.0. The molecule has 3 rings (SSSR count). The smallest absolute Gasteiger partial charge is 0.276 e. The van der Waals surface area contributed by atoms with Crippen LogP contribution in [-0.2, 0) is 6.73 Å². The van der Waals surface area contributed by atoms with Crippen molar-refractivity contribution in [2.45, 2.75) is 6.73 Å². The summed E-state index contributed by atoms with van der Waals surface area (Å²) in [5.74, 6) is -0.476. The van der Waals surface area contributed by atoms with Crippen molar-refractivity contribution in [1.82, 2.24) is 9.78 Å². The van der Waals surface area contributed by atoms with Crippen LogP contribution >= 0.6 is 11.6 Å². The first kappa shape index (κ1) is 16.8. The number of hydrogen-bond donors (Lipinski definition) is 2. The predicted molar refractivity (Wildman–Crippen MR) is 90.3 cm³/mol. The second-order valence-corrected chi connectivity index (χ2v) is 5.52. The molecule has 1 amide bonds. The van der Waals surface area contributed by atoms with E-state index in [1.807, 2.05) is 0 Å². The van der Waals surface area contributed by atoms with Crippen LogP contribution in [0.15, 0.2) is 54.7 Å². The molecule has 0 aliphatic heterocycles. The molecule has 3 aromatic rings. The molecule has 0 saturated carbocycles. The van der Waals surface area contributed by atoms with Crippen LogP contribution in [0.3, 0.4) is 0 Å². The molecule has 0 fully saturated rings. The number of carbonyl (C=O) groups is 1. The number of nitrogens with one attached hydrogen (secondary N) is 1. The average molecular weight is 362 g/mol. The Balaban J connectivity index is 1.63. The molecule has 0 unspecified atom stereocenters. The van der Waals surface area contributed by atoms with E-state index in [-0.39, 0.29) is 29.7 Å². The highest BCUT2D eigenvalue weighted by molar-refractivity contribution is 6.31. The molecule has 0 spiro atoms. The molecule has 0 aliphatic carbocycles. The molecule has 0 radical (unpaired) electrons. The van der Waals surface area contributed by atoms with Gasteiger partial charge in [-0.15, -0.1) is 0 Å². The molecule has 0 bridgehead atoms. The molecule has 0 aliphatic rings. The second-order valence-electron chi connectivity index (χ2n) is 5.08. The molecule has 25 heavy (non-hydrogen) atoms. The maximum absolute atomic E-state index is 12.8. The van der Waals surface area contributed by atoms with Crippen LogP contribution in [0, 0.1) is 5.82 Å². The van der Waals surface area contributed by atoms with E-state index in [1.54, 1.807) is 6.20 Å². The van der Waals surface area contributed by atoms with Gasteiger partial charge in [-0.2, -0.15) is 5.10 Å². The van der Waals surface area contributed by atoms with Gasteiger partial charge in [-0.3, -0.25) is 4.79 Å². The van der Waals surface area contributed by atoms with Crippen molar-refractivity contribution in [3.63, 3.8) is 0 Å². The first-order valence-electron chi connectivity index (χ1n) is 7.23. The van der Waals surface area contributed by atoms with Gasteiger partial charge in [0.25, 0.3) is 5.91 Å². The van der Waals surface area contributed by atoms with Crippen LogP contribution in [0.2, 0.25) is 5.02 Å². The fourth-order valence-electron chi connectivity index (χ4n) is 2.02. The number of benzene rings is 2. The zero-order valence-corrected chi connectivity index (χ0v) is 13.6. The maximum atomic E-state index is 12.8. The van der Waals surface area contributed by atoms with E-state index in [9.17, 15) is 14.3 Å². The third kappa shape index (κ3) is 4.27. The number of aromatic hydroxyl groups is 1. The van der Waals surface area contributed by atoms with Crippen LogP contribution in [0.5, 0.6) is 11.5 Å². The lowest BCUT2D eigenvalue weighted by atomic mass is 10.3. The van der Waals surface area contributed by atoms with Crippen molar-refractivity contribution < 1.29 is 19.0 Å². The highest BCUT2D eigenvalue weighted by Gasteiger charge is 2.12. The summed E-state index contributed by atoms with van der Waals surface area (Å²) in [6, 6.07) is 11.4. The molecule has 128 valence electrons. The molecule has 0 saturated heterocycles. The van der Waals surface area contributed by atoms with E-state index in [1.165, 1.54) is 53.2 Å². The minimum absolute atomic E-state index is 0.0569. The van der Waals surface area contributed by atoms with Gasteiger partial charge >= 0.3 is 0 Å². The number of carbonyl (C=O) groups excluding carboxylic acids is 1. The van der Waals surface area contributed by atoms with Gasteiger partial charge in [-0.1, -0.05) is 11.6 Å². The lowest BCUT2D eigenvalue weighted by Crippen LogP contribution is -2.14. The Kier molecular flexibility index (Phi) is 4.85. The SMILES string of the molecule is O=C(Nc1cc(Cl)ccc1O)c1ccn(COc2ccc(F)cc2)n1. The summed E-state index contributed by atoms with van der Waals surface area (Å²) in [6.45, 7) is 0.0569. The number of phenolic OH excluding ortho intramolecular Hbond substituents is 1. The van der Waals surface area contributed by atoms with E-state index in [0.29, 0.717) is 10.8 Å². The lowest BCUT2D eigenvalue weighted by molar-refractivity contribution is 0.102. The van der Waals surface area contributed by atoms with Crippen LogP contribution in [-0.4, -0.2) is 20.8 Å². The summed E-state index contributed by atoms with van der Waals surface area (Å²) in [5, 5.41) is 16.7. The van der Waals surface area contributed by atoms with Crippen LogP contribution in [0.1, 0.15) is 10.5 Å². The van der Waals surface area contributed by atoms with E-state index in [0.717, 1.165) is 0 Å². The summed E-state index contributed by atoms with van der Waals surface area (Å²) in [7, 11) is 0. The fraction of sp³-hybridized carbons (Fsp3) is 0.0588. The minimum atomic E-state index is -0.502. The Morgan fingerprint density at radius 1 is 1.24 bits per heavy atom. The Morgan fingerprint density at radius 3 is 2.76 bits per heavy atom. The summed E-state index contributed by atoms with van der Waals surface area (Å²) >= 11 is 5.84. The summed E-state index contributed by atoms with van der Waals surface area (Å²) in [5.41, 5.74) is 0.330. The summed E-state index contributed by atoms with van der Waals surface area (Å²) in [6.07, 6.45) is 1.57.